The molecular weight excluding hydrogens is 240 g/mol. The molecule has 0 saturated carbocycles. The molecule has 70 valence electrons. The van der Waals surface area contributed by atoms with Gasteiger partial charge >= 0.3 is 5.97 Å². The molecule has 0 aliphatic carbocycles. The highest BCUT2D eigenvalue weighted by atomic mass is 79.9. The van der Waals surface area contributed by atoms with Gasteiger partial charge in [-0.3, -0.25) is 9.59 Å². The van der Waals surface area contributed by atoms with Crippen LogP contribution in [-0.2, 0) is 4.79 Å². The summed E-state index contributed by atoms with van der Waals surface area (Å²) in [6.45, 7) is 0. The van der Waals surface area contributed by atoms with E-state index in [9.17, 15) is 9.59 Å². The molecule has 0 saturated heterocycles. The maximum absolute atomic E-state index is 11.1. The predicted octanol–water partition coefficient (Wildman–Crippen LogP) is 0.222. The third kappa shape index (κ3) is 2.16. The smallest absolute Gasteiger partial charge is 0.325 e. The van der Waals surface area contributed by atoms with Crippen LogP contribution in [0.2, 0.25) is 0 Å². The van der Waals surface area contributed by atoms with E-state index in [1.807, 2.05) is 0 Å². The molecule has 6 heteroatoms. The Morgan fingerprint density at radius 1 is 1.69 bits per heavy atom. The lowest BCUT2D eigenvalue weighted by Gasteiger charge is -2.04. The Balaban J connectivity index is 3.21. The number of pyridine rings is 1. The molecule has 0 amide bonds. The Bertz CT molecular complexity index is 388. The summed E-state index contributed by atoms with van der Waals surface area (Å²) in [6, 6.07) is 0.0960. The molecule has 13 heavy (non-hydrogen) atoms. The number of nitrogens with one attached hydrogen (secondary N) is 1. The fourth-order valence-electron chi connectivity index (χ4n) is 0.838. The average molecular weight is 247 g/mol. The lowest BCUT2D eigenvalue weighted by Crippen LogP contribution is -2.27. The van der Waals surface area contributed by atoms with Crippen LogP contribution in [0.3, 0.4) is 0 Å². The standard InChI is InChI=1S/C7H7BrN2O3/c8-3-1-4(5(9)7(12)13)6(11)10-2-3/h1-2,5H,9H2,(H,10,11)(H,12,13)/t5-/m0/s1. The minimum Gasteiger partial charge on any atom is -0.480 e. The SMILES string of the molecule is N[C@H](C(=O)O)c1cc(Br)c[nH]c1=O. The first-order valence-corrected chi connectivity index (χ1v) is 4.18. The van der Waals surface area contributed by atoms with Gasteiger partial charge in [-0.25, -0.2) is 0 Å². The number of aromatic nitrogens is 1. The van der Waals surface area contributed by atoms with Crippen LogP contribution in [0, 0.1) is 0 Å². The Morgan fingerprint density at radius 2 is 2.31 bits per heavy atom. The fraction of sp³-hybridized carbons (Fsp3) is 0.143. The van der Waals surface area contributed by atoms with E-state index in [1.165, 1.54) is 12.3 Å². The number of hydrogen-bond acceptors (Lipinski definition) is 3. The summed E-state index contributed by atoms with van der Waals surface area (Å²) in [5, 5.41) is 8.56. The van der Waals surface area contributed by atoms with Gasteiger partial charge in [-0.05, 0) is 22.0 Å². The molecule has 0 fully saturated rings. The molecule has 5 nitrogen and oxygen atoms in total. The summed E-state index contributed by atoms with van der Waals surface area (Å²) in [4.78, 5) is 23.9. The van der Waals surface area contributed by atoms with Crippen molar-refractivity contribution in [3.63, 3.8) is 0 Å². The van der Waals surface area contributed by atoms with Crippen molar-refractivity contribution in [2.45, 2.75) is 6.04 Å². The predicted molar refractivity (Wildman–Crippen MR) is 49.3 cm³/mol. The highest BCUT2D eigenvalue weighted by Gasteiger charge is 2.17. The summed E-state index contributed by atoms with van der Waals surface area (Å²) in [6.07, 6.45) is 1.42. The average Bonchev–Trinajstić information content (AvgIpc) is 2.08. The number of halogens is 1. The molecule has 0 unspecified atom stereocenters. The highest BCUT2D eigenvalue weighted by molar-refractivity contribution is 9.10. The highest BCUT2D eigenvalue weighted by Crippen LogP contribution is 2.11. The Morgan fingerprint density at radius 3 is 2.85 bits per heavy atom. The van der Waals surface area contributed by atoms with Crippen molar-refractivity contribution in [3.8, 4) is 0 Å². The first-order chi connectivity index (χ1) is 6.02. The number of aliphatic carboxylic acids is 1. The molecule has 1 rings (SSSR count). The molecule has 1 heterocycles. The monoisotopic (exact) mass is 246 g/mol. The van der Waals surface area contributed by atoms with E-state index in [-0.39, 0.29) is 5.56 Å². The first kappa shape index (κ1) is 9.94. The fourth-order valence-corrected chi connectivity index (χ4v) is 1.20. The minimum absolute atomic E-state index is 0.0295. The van der Waals surface area contributed by atoms with Crippen molar-refractivity contribution in [3.05, 3.63) is 32.7 Å². The lowest BCUT2D eigenvalue weighted by molar-refractivity contribution is -0.138. The zero-order valence-electron chi connectivity index (χ0n) is 6.45. The van der Waals surface area contributed by atoms with Gasteiger partial charge in [0.1, 0.15) is 6.04 Å². The largest absolute Gasteiger partial charge is 0.480 e. The van der Waals surface area contributed by atoms with Gasteiger partial charge in [-0.1, -0.05) is 0 Å². The molecule has 1 atom stereocenters. The zero-order valence-corrected chi connectivity index (χ0v) is 8.04. The van der Waals surface area contributed by atoms with Crippen molar-refractivity contribution in [2.75, 3.05) is 0 Å². The summed E-state index contributed by atoms with van der Waals surface area (Å²) < 4.78 is 0.582. The molecule has 4 N–H and O–H groups in total. The lowest BCUT2D eigenvalue weighted by atomic mass is 10.1. The van der Waals surface area contributed by atoms with Crippen molar-refractivity contribution in [1.29, 1.82) is 0 Å². The van der Waals surface area contributed by atoms with Crippen LogP contribution < -0.4 is 11.3 Å². The quantitative estimate of drug-likeness (QED) is 0.696. The van der Waals surface area contributed by atoms with E-state index in [2.05, 4.69) is 20.9 Å². The summed E-state index contributed by atoms with van der Waals surface area (Å²) in [5.41, 5.74) is 4.81. The van der Waals surface area contributed by atoms with Crippen LogP contribution in [0.25, 0.3) is 0 Å². The van der Waals surface area contributed by atoms with Gasteiger partial charge in [-0.2, -0.15) is 0 Å². The Kier molecular flexibility index (Phi) is 2.84. The van der Waals surface area contributed by atoms with Gasteiger partial charge < -0.3 is 15.8 Å². The van der Waals surface area contributed by atoms with Gasteiger partial charge in [0.15, 0.2) is 0 Å². The number of rotatable bonds is 2. The van der Waals surface area contributed by atoms with Crippen LogP contribution in [0.4, 0.5) is 0 Å². The van der Waals surface area contributed by atoms with Crippen molar-refractivity contribution in [1.82, 2.24) is 4.98 Å². The molecule has 0 aliphatic rings. The van der Waals surface area contributed by atoms with E-state index in [0.717, 1.165) is 0 Å². The number of nitrogens with two attached hydrogens (primary N) is 1. The van der Waals surface area contributed by atoms with Crippen molar-refractivity contribution in [2.24, 2.45) is 5.73 Å². The van der Waals surface area contributed by atoms with Crippen LogP contribution in [0.5, 0.6) is 0 Å². The van der Waals surface area contributed by atoms with Crippen LogP contribution in [0.1, 0.15) is 11.6 Å². The number of hydrogen-bond donors (Lipinski definition) is 3. The maximum Gasteiger partial charge on any atom is 0.325 e. The Labute approximate surface area is 81.7 Å². The second-order valence-corrected chi connectivity index (χ2v) is 3.33. The second kappa shape index (κ2) is 3.71. The molecule has 0 spiro atoms. The first-order valence-electron chi connectivity index (χ1n) is 3.39. The number of carboxylic acids is 1. The van der Waals surface area contributed by atoms with E-state index >= 15 is 0 Å². The van der Waals surface area contributed by atoms with Gasteiger partial charge in [0.05, 0.1) is 0 Å². The van der Waals surface area contributed by atoms with E-state index < -0.39 is 17.6 Å². The molecule has 1 aromatic rings. The maximum atomic E-state index is 11.1. The molecule has 0 radical (unpaired) electrons. The molecule has 0 bridgehead atoms. The van der Waals surface area contributed by atoms with Crippen molar-refractivity contribution >= 4 is 21.9 Å². The third-order valence-electron chi connectivity index (χ3n) is 1.50. The topological polar surface area (TPSA) is 96.2 Å². The number of aromatic amines is 1. The second-order valence-electron chi connectivity index (χ2n) is 2.42. The summed E-state index contributed by atoms with van der Waals surface area (Å²) >= 11 is 3.10. The summed E-state index contributed by atoms with van der Waals surface area (Å²) in [5.74, 6) is -1.23. The van der Waals surface area contributed by atoms with E-state index in [1.54, 1.807) is 0 Å². The van der Waals surface area contributed by atoms with E-state index in [0.29, 0.717) is 4.47 Å². The third-order valence-corrected chi connectivity index (χ3v) is 1.96. The minimum atomic E-state index is -1.29. The number of carbonyl (C=O) groups is 1. The van der Waals surface area contributed by atoms with E-state index in [4.69, 9.17) is 10.8 Å². The van der Waals surface area contributed by atoms with Crippen LogP contribution in [0.15, 0.2) is 21.5 Å². The van der Waals surface area contributed by atoms with Crippen LogP contribution in [-0.4, -0.2) is 16.1 Å². The molecular formula is C7H7BrN2O3. The Hall–Kier alpha value is -1.14. The summed E-state index contributed by atoms with van der Waals surface area (Å²) in [7, 11) is 0. The zero-order chi connectivity index (χ0) is 10.0. The van der Waals surface area contributed by atoms with Gasteiger partial charge in [0, 0.05) is 16.2 Å². The molecule has 0 aromatic carbocycles. The number of carboxylic acid groups (broad SMARTS) is 1. The normalized spacial score (nSPS) is 12.5. The van der Waals surface area contributed by atoms with Gasteiger partial charge in [-0.15, -0.1) is 0 Å². The molecule has 0 aliphatic heterocycles. The van der Waals surface area contributed by atoms with Gasteiger partial charge in [0.25, 0.3) is 5.56 Å². The van der Waals surface area contributed by atoms with Crippen LogP contribution >= 0.6 is 15.9 Å². The molecule has 1 aromatic heterocycles. The van der Waals surface area contributed by atoms with Gasteiger partial charge in [0.2, 0.25) is 0 Å². The van der Waals surface area contributed by atoms with Crippen molar-refractivity contribution < 1.29 is 9.90 Å². The number of H-pyrrole nitrogens is 1.